The molecule has 14 heavy (non-hydrogen) atoms. The zero-order valence-corrected chi connectivity index (χ0v) is 9.80. The summed E-state index contributed by atoms with van der Waals surface area (Å²) in [7, 11) is 0. The maximum absolute atomic E-state index is 6.16. The molecule has 3 heteroatoms. The Bertz CT molecular complexity index is 332. The summed E-state index contributed by atoms with van der Waals surface area (Å²) in [6, 6.07) is 2.02. The Morgan fingerprint density at radius 2 is 2.07 bits per heavy atom. The van der Waals surface area contributed by atoms with Crippen LogP contribution in [0.2, 0.25) is 5.15 Å². The van der Waals surface area contributed by atoms with Gasteiger partial charge in [0, 0.05) is 5.92 Å². The minimum absolute atomic E-state index is 0.0148. The highest BCUT2D eigenvalue weighted by Crippen LogP contribution is 2.37. The molecule has 0 saturated heterocycles. The van der Waals surface area contributed by atoms with Gasteiger partial charge in [-0.3, -0.25) is 0 Å². The molecule has 78 valence electrons. The lowest BCUT2D eigenvalue weighted by molar-refractivity contribution is 0.342. The van der Waals surface area contributed by atoms with Crippen molar-refractivity contribution in [1.29, 1.82) is 0 Å². The molecule has 2 rings (SSSR count). The molecule has 1 fully saturated rings. The summed E-state index contributed by atoms with van der Waals surface area (Å²) in [5, 5.41) is 5.35. The van der Waals surface area contributed by atoms with Crippen molar-refractivity contribution in [2.24, 2.45) is 0 Å². The Labute approximate surface area is 90.3 Å². The van der Waals surface area contributed by atoms with Gasteiger partial charge in [0.15, 0.2) is 0 Å². The van der Waals surface area contributed by atoms with Gasteiger partial charge in [0.2, 0.25) is 0 Å². The van der Waals surface area contributed by atoms with Gasteiger partial charge < -0.3 is 0 Å². The van der Waals surface area contributed by atoms with Crippen LogP contribution in [0.5, 0.6) is 0 Å². The largest absolute Gasteiger partial charge is 0.248 e. The van der Waals surface area contributed by atoms with Gasteiger partial charge in [-0.2, -0.15) is 5.10 Å². The van der Waals surface area contributed by atoms with Crippen molar-refractivity contribution in [1.82, 2.24) is 9.78 Å². The van der Waals surface area contributed by atoms with E-state index in [9.17, 15) is 0 Å². The number of aromatic nitrogens is 2. The minimum Gasteiger partial charge on any atom is -0.248 e. The summed E-state index contributed by atoms with van der Waals surface area (Å²) in [6.07, 6.45) is 3.89. The Hall–Kier alpha value is -0.500. The number of halogens is 1. The number of nitrogens with zero attached hydrogens (tertiary/aromatic N) is 2. The SMILES string of the molecule is CC(C)(C)n1nc(C2CCC2)cc1Cl. The summed E-state index contributed by atoms with van der Waals surface area (Å²) in [5.74, 6) is 0.663. The van der Waals surface area contributed by atoms with E-state index in [1.807, 2.05) is 10.7 Å². The van der Waals surface area contributed by atoms with Crippen molar-refractivity contribution in [3.63, 3.8) is 0 Å². The van der Waals surface area contributed by atoms with Gasteiger partial charge >= 0.3 is 0 Å². The first-order valence-corrected chi connectivity index (χ1v) is 5.62. The summed E-state index contributed by atoms with van der Waals surface area (Å²) in [5.41, 5.74) is 1.16. The van der Waals surface area contributed by atoms with E-state index in [2.05, 4.69) is 25.9 Å². The summed E-state index contributed by atoms with van der Waals surface area (Å²) in [6.45, 7) is 6.36. The Kier molecular flexibility index (Phi) is 2.34. The summed E-state index contributed by atoms with van der Waals surface area (Å²) in [4.78, 5) is 0. The van der Waals surface area contributed by atoms with E-state index in [0.29, 0.717) is 5.92 Å². The second-order valence-corrected chi connectivity index (χ2v) is 5.49. The predicted molar refractivity (Wildman–Crippen MR) is 58.8 cm³/mol. The highest BCUT2D eigenvalue weighted by molar-refractivity contribution is 6.29. The van der Waals surface area contributed by atoms with Crippen LogP contribution in [0.4, 0.5) is 0 Å². The van der Waals surface area contributed by atoms with E-state index in [1.165, 1.54) is 25.0 Å². The average molecular weight is 213 g/mol. The van der Waals surface area contributed by atoms with Crippen LogP contribution >= 0.6 is 11.6 Å². The van der Waals surface area contributed by atoms with E-state index in [-0.39, 0.29) is 5.54 Å². The second kappa shape index (κ2) is 3.27. The smallest absolute Gasteiger partial charge is 0.127 e. The molecule has 0 aliphatic heterocycles. The molecule has 1 aliphatic rings. The van der Waals surface area contributed by atoms with E-state index in [1.54, 1.807) is 0 Å². The topological polar surface area (TPSA) is 17.8 Å². The molecule has 0 unspecified atom stereocenters. The van der Waals surface area contributed by atoms with Crippen LogP contribution in [-0.4, -0.2) is 9.78 Å². The van der Waals surface area contributed by atoms with Gasteiger partial charge in [-0.25, -0.2) is 4.68 Å². The molecule has 1 aliphatic carbocycles. The number of hydrogen-bond donors (Lipinski definition) is 0. The third-order valence-electron chi connectivity index (χ3n) is 2.84. The molecular formula is C11H17ClN2. The zero-order chi connectivity index (χ0) is 10.3. The monoisotopic (exact) mass is 212 g/mol. The molecule has 0 radical (unpaired) electrons. The van der Waals surface area contributed by atoms with Crippen LogP contribution in [0, 0.1) is 0 Å². The molecule has 1 heterocycles. The number of rotatable bonds is 1. The number of hydrogen-bond acceptors (Lipinski definition) is 1. The molecule has 0 bridgehead atoms. The first-order chi connectivity index (χ1) is 6.48. The molecule has 0 atom stereocenters. The van der Waals surface area contributed by atoms with Crippen molar-refractivity contribution in [3.8, 4) is 0 Å². The molecular weight excluding hydrogens is 196 g/mol. The second-order valence-electron chi connectivity index (χ2n) is 5.10. The molecule has 1 aromatic rings. The van der Waals surface area contributed by atoms with Crippen molar-refractivity contribution >= 4 is 11.6 Å². The standard InChI is InChI=1S/C11H17ClN2/c1-11(2,3)14-10(12)7-9(13-14)8-5-4-6-8/h7-8H,4-6H2,1-3H3. The van der Waals surface area contributed by atoms with Gasteiger partial charge in [0.05, 0.1) is 11.2 Å². The molecule has 2 nitrogen and oxygen atoms in total. The van der Waals surface area contributed by atoms with Gasteiger partial charge in [-0.1, -0.05) is 18.0 Å². The fourth-order valence-electron chi connectivity index (χ4n) is 1.75. The molecule has 0 N–H and O–H groups in total. The first kappa shape index (κ1) is 10.0. The lowest BCUT2D eigenvalue weighted by Gasteiger charge is -2.24. The summed E-state index contributed by atoms with van der Waals surface area (Å²) < 4.78 is 1.92. The van der Waals surface area contributed by atoms with Crippen LogP contribution < -0.4 is 0 Å². The molecule has 0 spiro atoms. The molecule has 1 saturated carbocycles. The van der Waals surface area contributed by atoms with Crippen LogP contribution in [0.1, 0.15) is 51.6 Å². The van der Waals surface area contributed by atoms with E-state index in [4.69, 9.17) is 11.6 Å². The van der Waals surface area contributed by atoms with Crippen molar-refractivity contribution in [2.75, 3.05) is 0 Å². The van der Waals surface area contributed by atoms with E-state index >= 15 is 0 Å². The maximum atomic E-state index is 6.16. The highest BCUT2D eigenvalue weighted by Gasteiger charge is 2.25. The van der Waals surface area contributed by atoms with Crippen molar-refractivity contribution in [2.45, 2.75) is 51.5 Å². The van der Waals surface area contributed by atoms with Gasteiger partial charge in [0.25, 0.3) is 0 Å². The Balaban J connectivity index is 2.29. The molecule has 1 aromatic heterocycles. The van der Waals surface area contributed by atoms with Crippen LogP contribution in [0.15, 0.2) is 6.07 Å². The zero-order valence-electron chi connectivity index (χ0n) is 9.05. The Morgan fingerprint density at radius 1 is 1.43 bits per heavy atom. The quantitative estimate of drug-likeness (QED) is 0.696. The minimum atomic E-state index is -0.0148. The van der Waals surface area contributed by atoms with E-state index in [0.717, 1.165) is 5.15 Å². The maximum Gasteiger partial charge on any atom is 0.127 e. The van der Waals surface area contributed by atoms with E-state index < -0.39 is 0 Å². The highest BCUT2D eigenvalue weighted by atomic mass is 35.5. The van der Waals surface area contributed by atoms with Crippen molar-refractivity contribution in [3.05, 3.63) is 16.9 Å². The lowest BCUT2D eigenvalue weighted by Crippen LogP contribution is -2.23. The lowest BCUT2D eigenvalue weighted by atomic mass is 9.83. The Morgan fingerprint density at radius 3 is 2.43 bits per heavy atom. The van der Waals surface area contributed by atoms with Crippen molar-refractivity contribution < 1.29 is 0 Å². The van der Waals surface area contributed by atoms with Crippen LogP contribution in [0.25, 0.3) is 0 Å². The molecule has 0 aromatic carbocycles. The first-order valence-electron chi connectivity index (χ1n) is 5.24. The van der Waals surface area contributed by atoms with Gasteiger partial charge in [0.1, 0.15) is 5.15 Å². The molecule has 0 amide bonds. The van der Waals surface area contributed by atoms with Gasteiger partial charge in [-0.05, 0) is 39.7 Å². The predicted octanol–water partition coefficient (Wildman–Crippen LogP) is 3.56. The summed E-state index contributed by atoms with van der Waals surface area (Å²) >= 11 is 6.16. The third-order valence-corrected chi connectivity index (χ3v) is 3.11. The fourth-order valence-corrected chi connectivity index (χ4v) is 2.15. The average Bonchev–Trinajstić information content (AvgIpc) is 2.25. The van der Waals surface area contributed by atoms with Crippen LogP contribution in [-0.2, 0) is 5.54 Å². The third kappa shape index (κ3) is 1.68. The fraction of sp³-hybridized carbons (Fsp3) is 0.727. The van der Waals surface area contributed by atoms with Crippen LogP contribution in [0.3, 0.4) is 0 Å². The normalized spacial score (nSPS) is 18.3. The van der Waals surface area contributed by atoms with Gasteiger partial charge in [-0.15, -0.1) is 0 Å².